The number of aromatic nitrogens is 1. The van der Waals surface area contributed by atoms with Gasteiger partial charge in [0.25, 0.3) is 5.91 Å². The summed E-state index contributed by atoms with van der Waals surface area (Å²) in [6.07, 6.45) is 1.68. The number of aryl methyl sites for hydroxylation is 1. The van der Waals surface area contributed by atoms with E-state index in [-0.39, 0.29) is 5.56 Å². The molecule has 0 saturated carbocycles. The van der Waals surface area contributed by atoms with Crippen LogP contribution in [0.3, 0.4) is 0 Å². The lowest BCUT2D eigenvalue weighted by atomic mass is 10.1. The van der Waals surface area contributed by atoms with Crippen molar-refractivity contribution >= 4 is 51.4 Å². The molecular formula is C17H13Cl2N3O. The Kier molecular flexibility index (Phi) is 4.11. The number of benzene rings is 2. The van der Waals surface area contributed by atoms with Gasteiger partial charge in [0, 0.05) is 17.3 Å². The van der Waals surface area contributed by atoms with Crippen LogP contribution in [0.15, 0.2) is 42.6 Å². The number of amides is 1. The summed E-state index contributed by atoms with van der Waals surface area (Å²) in [4.78, 5) is 16.9. The van der Waals surface area contributed by atoms with Gasteiger partial charge in [-0.2, -0.15) is 0 Å². The maximum atomic E-state index is 12.5. The molecule has 0 atom stereocenters. The topological polar surface area (TPSA) is 68.0 Å². The first-order valence-corrected chi connectivity index (χ1v) is 7.64. The Morgan fingerprint density at radius 3 is 2.48 bits per heavy atom. The fourth-order valence-electron chi connectivity index (χ4n) is 2.34. The number of anilines is 2. The number of carbonyl (C=O) groups is 1. The second-order valence-corrected chi connectivity index (χ2v) is 5.92. The maximum Gasteiger partial charge on any atom is 0.258 e. The molecule has 4 nitrogen and oxygen atoms in total. The Morgan fingerprint density at radius 1 is 1.13 bits per heavy atom. The summed E-state index contributed by atoms with van der Waals surface area (Å²) in [6, 6.07) is 10.3. The smallest absolute Gasteiger partial charge is 0.258 e. The largest absolute Gasteiger partial charge is 0.398 e. The fraction of sp³-hybridized carbons (Fsp3) is 0.0588. The molecule has 0 aliphatic heterocycles. The molecular weight excluding hydrogens is 333 g/mol. The van der Waals surface area contributed by atoms with E-state index in [1.54, 1.807) is 30.5 Å². The molecule has 1 heterocycles. The molecule has 0 aliphatic carbocycles. The highest BCUT2D eigenvalue weighted by molar-refractivity contribution is 6.40. The van der Waals surface area contributed by atoms with Crippen LogP contribution in [0.4, 0.5) is 11.4 Å². The maximum absolute atomic E-state index is 12.5. The summed E-state index contributed by atoms with van der Waals surface area (Å²) >= 11 is 12.1. The zero-order chi connectivity index (χ0) is 16.6. The third-order valence-electron chi connectivity index (χ3n) is 3.58. The summed E-state index contributed by atoms with van der Waals surface area (Å²) in [5, 5.41) is 4.17. The van der Waals surface area contributed by atoms with Crippen LogP contribution in [0.25, 0.3) is 10.9 Å². The van der Waals surface area contributed by atoms with Crippen molar-refractivity contribution in [3.05, 3.63) is 63.8 Å². The predicted molar refractivity (Wildman–Crippen MR) is 95.3 cm³/mol. The number of nitrogens with two attached hydrogens (primary N) is 1. The molecule has 0 saturated heterocycles. The number of pyridine rings is 1. The number of carbonyl (C=O) groups excluding carboxylic acids is 1. The lowest BCUT2D eigenvalue weighted by Crippen LogP contribution is -2.13. The lowest BCUT2D eigenvalue weighted by molar-refractivity contribution is 0.102. The number of nitrogens with one attached hydrogen (secondary N) is 1. The SMILES string of the molecule is Cc1cnc2c(NC(=O)c3c(Cl)cccc3Cl)cccc2c1N. The molecule has 3 aromatic rings. The second-order valence-electron chi connectivity index (χ2n) is 5.11. The molecule has 3 rings (SSSR count). The van der Waals surface area contributed by atoms with Gasteiger partial charge in [0.1, 0.15) is 0 Å². The van der Waals surface area contributed by atoms with Crippen LogP contribution < -0.4 is 11.1 Å². The Morgan fingerprint density at radius 2 is 1.78 bits per heavy atom. The van der Waals surface area contributed by atoms with Crippen LogP contribution in [0.2, 0.25) is 10.0 Å². The van der Waals surface area contributed by atoms with E-state index < -0.39 is 5.91 Å². The molecule has 0 bridgehead atoms. The van der Waals surface area contributed by atoms with E-state index in [4.69, 9.17) is 28.9 Å². The Bertz CT molecular complexity index is 905. The first-order valence-electron chi connectivity index (χ1n) is 6.88. The molecule has 0 spiro atoms. The summed E-state index contributed by atoms with van der Waals surface area (Å²) < 4.78 is 0. The Labute approximate surface area is 143 Å². The van der Waals surface area contributed by atoms with Gasteiger partial charge >= 0.3 is 0 Å². The summed E-state index contributed by atoms with van der Waals surface area (Å²) in [6.45, 7) is 1.89. The highest BCUT2D eigenvalue weighted by Gasteiger charge is 2.16. The van der Waals surface area contributed by atoms with E-state index in [1.807, 2.05) is 19.1 Å². The molecule has 0 unspecified atom stereocenters. The van der Waals surface area contributed by atoms with Crippen molar-refractivity contribution in [3.8, 4) is 0 Å². The minimum absolute atomic E-state index is 0.230. The zero-order valence-electron chi connectivity index (χ0n) is 12.2. The summed E-state index contributed by atoms with van der Waals surface area (Å²) in [7, 11) is 0. The Balaban J connectivity index is 2.06. The van der Waals surface area contributed by atoms with Gasteiger partial charge in [0.2, 0.25) is 0 Å². The van der Waals surface area contributed by atoms with Crippen LogP contribution in [0.5, 0.6) is 0 Å². The molecule has 23 heavy (non-hydrogen) atoms. The van der Waals surface area contributed by atoms with Gasteiger partial charge in [-0.1, -0.05) is 41.4 Å². The van der Waals surface area contributed by atoms with Crippen LogP contribution in [-0.2, 0) is 0 Å². The summed E-state index contributed by atoms with van der Waals surface area (Å²) in [5.41, 5.74) is 9.01. The van der Waals surface area contributed by atoms with Gasteiger partial charge in [-0.25, -0.2) is 0 Å². The second kappa shape index (κ2) is 6.07. The monoisotopic (exact) mass is 345 g/mol. The van der Waals surface area contributed by atoms with Gasteiger partial charge in [-0.3, -0.25) is 9.78 Å². The average Bonchev–Trinajstić information content (AvgIpc) is 2.51. The van der Waals surface area contributed by atoms with Gasteiger partial charge < -0.3 is 11.1 Å². The van der Waals surface area contributed by atoms with Crippen LogP contribution in [0.1, 0.15) is 15.9 Å². The van der Waals surface area contributed by atoms with Crippen LogP contribution in [0, 0.1) is 6.92 Å². The molecule has 1 aromatic heterocycles. The number of rotatable bonds is 2. The highest BCUT2D eigenvalue weighted by Crippen LogP contribution is 2.30. The normalized spacial score (nSPS) is 10.7. The van der Waals surface area contributed by atoms with Crippen molar-refractivity contribution in [2.45, 2.75) is 6.92 Å². The first-order chi connectivity index (χ1) is 11.0. The number of hydrogen-bond acceptors (Lipinski definition) is 3. The van der Waals surface area contributed by atoms with Gasteiger partial charge in [-0.15, -0.1) is 0 Å². The van der Waals surface area contributed by atoms with Crippen LogP contribution in [-0.4, -0.2) is 10.9 Å². The number of nitrogen functional groups attached to an aromatic ring is 1. The van der Waals surface area contributed by atoms with Crippen molar-refractivity contribution in [2.24, 2.45) is 0 Å². The number of halogens is 2. The molecule has 0 aliphatic rings. The number of para-hydroxylation sites is 1. The predicted octanol–water partition coefficient (Wildman–Crippen LogP) is 4.68. The molecule has 3 N–H and O–H groups in total. The molecule has 2 aromatic carbocycles. The van der Waals surface area contributed by atoms with E-state index in [9.17, 15) is 4.79 Å². The number of fused-ring (bicyclic) bond motifs is 1. The average molecular weight is 346 g/mol. The molecule has 6 heteroatoms. The van der Waals surface area contributed by atoms with E-state index >= 15 is 0 Å². The standard InChI is InChI=1S/C17H13Cl2N3O/c1-9-8-21-16-10(15(9)20)4-2-7-13(16)22-17(23)14-11(18)5-3-6-12(14)19/h2-8H,1H3,(H2,20,21)(H,22,23). The lowest BCUT2D eigenvalue weighted by Gasteiger charge is -2.12. The molecule has 1 amide bonds. The summed E-state index contributed by atoms with van der Waals surface area (Å²) in [5.74, 6) is -0.394. The minimum Gasteiger partial charge on any atom is -0.398 e. The van der Waals surface area contributed by atoms with E-state index in [0.717, 1.165) is 10.9 Å². The first kappa shape index (κ1) is 15.6. The number of nitrogens with zero attached hydrogens (tertiary/aromatic N) is 1. The van der Waals surface area contributed by atoms with Crippen molar-refractivity contribution in [2.75, 3.05) is 11.1 Å². The highest BCUT2D eigenvalue weighted by atomic mass is 35.5. The Hall–Kier alpha value is -2.30. The van der Waals surface area contributed by atoms with Gasteiger partial charge in [-0.05, 0) is 30.7 Å². The van der Waals surface area contributed by atoms with Crippen LogP contribution >= 0.6 is 23.2 Å². The molecule has 0 fully saturated rings. The van der Waals surface area contributed by atoms with E-state index in [1.165, 1.54) is 0 Å². The third-order valence-corrected chi connectivity index (χ3v) is 4.21. The molecule has 0 radical (unpaired) electrons. The van der Waals surface area contributed by atoms with Gasteiger partial charge in [0.15, 0.2) is 0 Å². The van der Waals surface area contributed by atoms with Crippen molar-refractivity contribution < 1.29 is 4.79 Å². The number of hydrogen-bond donors (Lipinski definition) is 2. The van der Waals surface area contributed by atoms with Crippen molar-refractivity contribution in [3.63, 3.8) is 0 Å². The minimum atomic E-state index is -0.394. The van der Waals surface area contributed by atoms with E-state index in [0.29, 0.717) is 26.9 Å². The third kappa shape index (κ3) is 2.83. The quantitative estimate of drug-likeness (QED) is 0.708. The molecule has 116 valence electrons. The van der Waals surface area contributed by atoms with Gasteiger partial charge in [0.05, 0.1) is 26.8 Å². The van der Waals surface area contributed by atoms with Crippen molar-refractivity contribution in [1.82, 2.24) is 4.98 Å². The van der Waals surface area contributed by atoms with E-state index in [2.05, 4.69) is 10.3 Å². The fourth-order valence-corrected chi connectivity index (χ4v) is 2.91. The zero-order valence-corrected chi connectivity index (χ0v) is 13.7. The van der Waals surface area contributed by atoms with Crippen molar-refractivity contribution in [1.29, 1.82) is 0 Å².